The standard InChI is InChI=1S/C10H19NO2/c1-7(12)8-6-9(2,3)11(13)10(8,4)5/h8,11H,6H2,1-5H3. The molecule has 0 spiro atoms. The maximum Gasteiger partial charge on any atom is 0.139 e. The van der Waals surface area contributed by atoms with E-state index >= 15 is 0 Å². The SMILES string of the molecule is CC(=O)C1CC(C)(C)[NH+]([O-])C1(C)C. The number of carbonyl (C=O) groups is 1. The number of hydrogen-bond acceptors (Lipinski definition) is 2. The molecule has 1 N–H and O–H groups in total. The van der Waals surface area contributed by atoms with Gasteiger partial charge in [-0.05, 0) is 34.6 Å². The molecule has 3 heteroatoms. The van der Waals surface area contributed by atoms with Crippen LogP contribution in [-0.2, 0) is 4.79 Å². The Kier molecular flexibility index (Phi) is 2.29. The van der Waals surface area contributed by atoms with Crippen LogP contribution in [0.5, 0.6) is 0 Å². The molecule has 0 bridgehead atoms. The predicted octanol–water partition coefficient (Wildman–Crippen LogP) is 0.535. The van der Waals surface area contributed by atoms with E-state index in [1.165, 1.54) is 0 Å². The largest absolute Gasteiger partial charge is 0.634 e. The fourth-order valence-electron chi connectivity index (χ4n) is 2.54. The van der Waals surface area contributed by atoms with Crippen LogP contribution in [0.2, 0.25) is 0 Å². The molecular formula is C10H19NO2. The van der Waals surface area contributed by atoms with Crippen LogP contribution < -0.4 is 5.06 Å². The molecule has 1 fully saturated rings. The molecule has 13 heavy (non-hydrogen) atoms. The van der Waals surface area contributed by atoms with Gasteiger partial charge in [0.2, 0.25) is 0 Å². The summed E-state index contributed by atoms with van der Waals surface area (Å²) in [4.78, 5) is 11.3. The molecular weight excluding hydrogens is 166 g/mol. The fourth-order valence-corrected chi connectivity index (χ4v) is 2.54. The van der Waals surface area contributed by atoms with E-state index in [4.69, 9.17) is 0 Å². The first-order chi connectivity index (χ1) is 5.69. The summed E-state index contributed by atoms with van der Waals surface area (Å²) in [5.74, 6) is 0.0546. The monoisotopic (exact) mass is 185 g/mol. The summed E-state index contributed by atoms with van der Waals surface area (Å²) in [6.45, 7) is 9.22. The summed E-state index contributed by atoms with van der Waals surface area (Å²) < 4.78 is 0. The lowest BCUT2D eigenvalue weighted by Gasteiger charge is -2.41. The summed E-state index contributed by atoms with van der Waals surface area (Å²) in [6.07, 6.45) is 0.703. The number of nitrogens with one attached hydrogen (secondary N) is 1. The van der Waals surface area contributed by atoms with E-state index in [-0.39, 0.29) is 22.3 Å². The van der Waals surface area contributed by atoms with Crippen molar-refractivity contribution in [2.75, 3.05) is 0 Å². The third-order valence-electron chi connectivity index (χ3n) is 3.28. The number of ketones is 1. The highest BCUT2D eigenvalue weighted by Gasteiger charge is 2.53. The molecule has 1 saturated heterocycles. The minimum Gasteiger partial charge on any atom is -0.634 e. The van der Waals surface area contributed by atoms with Crippen molar-refractivity contribution in [1.29, 1.82) is 0 Å². The van der Waals surface area contributed by atoms with Gasteiger partial charge in [-0.25, -0.2) is 0 Å². The van der Waals surface area contributed by atoms with E-state index in [2.05, 4.69) is 0 Å². The van der Waals surface area contributed by atoms with Crippen molar-refractivity contribution < 1.29 is 9.86 Å². The second kappa shape index (κ2) is 2.79. The van der Waals surface area contributed by atoms with Gasteiger partial charge in [0.1, 0.15) is 11.3 Å². The average Bonchev–Trinajstić information content (AvgIpc) is 2.11. The fraction of sp³-hybridized carbons (Fsp3) is 0.900. The van der Waals surface area contributed by atoms with Crippen LogP contribution in [0.15, 0.2) is 0 Å². The Hall–Kier alpha value is -0.410. The molecule has 1 aliphatic rings. The molecule has 2 atom stereocenters. The molecule has 0 aromatic heterocycles. The first-order valence-electron chi connectivity index (χ1n) is 4.75. The minimum absolute atomic E-state index is 0.0880. The molecule has 2 unspecified atom stereocenters. The maximum atomic E-state index is 11.9. The first-order valence-corrected chi connectivity index (χ1v) is 4.75. The van der Waals surface area contributed by atoms with Crippen molar-refractivity contribution in [1.82, 2.24) is 0 Å². The molecule has 0 aliphatic carbocycles. The maximum absolute atomic E-state index is 11.9. The van der Waals surface area contributed by atoms with Gasteiger partial charge in [0, 0.05) is 6.42 Å². The van der Waals surface area contributed by atoms with Gasteiger partial charge in [0.15, 0.2) is 0 Å². The second-order valence-corrected chi connectivity index (χ2v) is 5.30. The number of quaternary nitrogens is 1. The van der Waals surface area contributed by atoms with Crippen LogP contribution in [0, 0.1) is 11.1 Å². The highest BCUT2D eigenvalue weighted by atomic mass is 16.5. The Morgan fingerprint density at radius 1 is 1.38 bits per heavy atom. The summed E-state index contributed by atoms with van der Waals surface area (Å²) >= 11 is 0. The van der Waals surface area contributed by atoms with Crippen molar-refractivity contribution in [2.24, 2.45) is 5.92 Å². The smallest absolute Gasteiger partial charge is 0.139 e. The lowest BCUT2D eigenvalue weighted by molar-refractivity contribution is -0.933. The lowest BCUT2D eigenvalue weighted by atomic mass is 9.84. The van der Waals surface area contributed by atoms with Crippen molar-refractivity contribution in [2.45, 2.75) is 52.1 Å². The predicted molar refractivity (Wildman–Crippen MR) is 51.3 cm³/mol. The Balaban J connectivity index is 3.00. The molecule has 3 nitrogen and oxygen atoms in total. The summed E-state index contributed by atoms with van der Waals surface area (Å²) in [6, 6.07) is 0. The van der Waals surface area contributed by atoms with Gasteiger partial charge in [-0.3, -0.25) is 4.79 Å². The second-order valence-electron chi connectivity index (χ2n) is 5.30. The number of Topliss-reactive ketones (excluding diaryl/α,β-unsaturated/α-hetero) is 1. The van der Waals surface area contributed by atoms with E-state index in [1.54, 1.807) is 6.92 Å². The zero-order valence-electron chi connectivity index (χ0n) is 9.10. The van der Waals surface area contributed by atoms with Crippen molar-refractivity contribution in [3.05, 3.63) is 5.21 Å². The van der Waals surface area contributed by atoms with Gasteiger partial charge < -0.3 is 10.3 Å². The van der Waals surface area contributed by atoms with E-state index in [0.717, 1.165) is 0 Å². The molecule has 76 valence electrons. The Bertz CT molecular complexity index is 233. The van der Waals surface area contributed by atoms with Gasteiger partial charge in [0.25, 0.3) is 0 Å². The average molecular weight is 185 g/mol. The normalized spacial score (nSPS) is 36.2. The van der Waals surface area contributed by atoms with Gasteiger partial charge >= 0.3 is 0 Å². The van der Waals surface area contributed by atoms with Crippen LogP contribution in [0.1, 0.15) is 41.0 Å². The molecule has 1 aliphatic heterocycles. The Morgan fingerprint density at radius 2 is 1.85 bits per heavy atom. The third kappa shape index (κ3) is 1.51. The quantitative estimate of drug-likeness (QED) is 0.606. The van der Waals surface area contributed by atoms with Gasteiger partial charge in [-0.15, -0.1) is 0 Å². The third-order valence-corrected chi connectivity index (χ3v) is 3.28. The van der Waals surface area contributed by atoms with Crippen LogP contribution in [0.3, 0.4) is 0 Å². The zero-order chi connectivity index (χ0) is 10.4. The molecule has 1 heterocycles. The molecule has 0 radical (unpaired) electrons. The van der Waals surface area contributed by atoms with Crippen LogP contribution in [-0.4, -0.2) is 16.9 Å². The molecule has 0 saturated carbocycles. The lowest BCUT2D eigenvalue weighted by Crippen LogP contribution is -3.19. The van der Waals surface area contributed by atoms with Crippen LogP contribution >= 0.6 is 0 Å². The van der Waals surface area contributed by atoms with Gasteiger partial charge in [0.05, 0.1) is 11.5 Å². The Morgan fingerprint density at radius 3 is 2.00 bits per heavy atom. The summed E-state index contributed by atoms with van der Waals surface area (Å²) in [7, 11) is 0. The van der Waals surface area contributed by atoms with Crippen molar-refractivity contribution in [3.8, 4) is 0 Å². The molecule has 0 aromatic carbocycles. The molecule has 0 aromatic rings. The van der Waals surface area contributed by atoms with Crippen molar-refractivity contribution >= 4 is 5.78 Å². The molecule has 0 amide bonds. The minimum atomic E-state index is -0.463. The number of carbonyl (C=O) groups excluding carboxylic acids is 1. The topological polar surface area (TPSA) is 44.6 Å². The highest BCUT2D eigenvalue weighted by Crippen LogP contribution is 2.31. The molecule has 1 rings (SSSR count). The number of hydrogen-bond donors (Lipinski definition) is 1. The van der Waals surface area contributed by atoms with Crippen molar-refractivity contribution in [3.63, 3.8) is 0 Å². The van der Waals surface area contributed by atoms with Crippen LogP contribution in [0.4, 0.5) is 0 Å². The van der Waals surface area contributed by atoms with E-state index in [0.29, 0.717) is 6.42 Å². The number of hydroxylamine groups is 2. The van der Waals surface area contributed by atoms with E-state index in [1.807, 2.05) is 27.7 Å². The van der Waals surface area contributed by atoms with Gasteiger partial charge in [-0.2, -0.15) is 0 Å². The van der Waals surface area contributed by atoms with Crippen LogP contribution in [0.25, 0.3) is 0 Å². The Labute approximate surface area is 79.7 Å². The first kappa shape index (κ1) is 10.7. The summed E-state index contributed by atoms with van der Waals surface area (Å²) in [5, 5.41) is 12.1. The highest BCUT2D eigenvalue weighted by molar-refractivity contribution is 5.79. The van der Waals surface area contributed by atoms with E-state index < -0.39 is 5.54 Å². The van der Waals surface area contributed by atoms with E-state index in [9.17, 15) is 10.0 Å². The van der Waals surface area contributed by atoms with Gasteiger partial charge in [-0.1, -0.05) is 0 Å². The summed E-state index contributed by atoms with van der Waals surface area (Å²) in [5.41, 5.74) is -0.783. The number of rotatable bonds is 1. The zero-order valence-corrected chi connectivity index (χ0v) is 9.10.